The first-order valence-corrected chi connectivity index (χ1v) is 6.50. The Hall–Kier alpha value is -1.55. The number of aryl methyl sites for hydroxylation is 1. The fourth-order valence-corrected chi connectivity index (χ4v) is 1.89. The molecular weight excluding hydrogens is 226 g/mol. The van der Waals surface area contributed by atoms with E-state index in [0.29, 0.717) is 19.0 Å². The fraction of sp³-hybridized carbons (Fsp3) is 0.500. The molecule has 1 fully saturated rings. The number of nitrogens with two attached hydrogens (primary N) is 1. The maximum atomic E-state index is 11.7. The minimum atomic E-state index is -0.00940. The first-order valence-electron chi connectivity index (χ1n) is 6.50. The molecule has 4 N–H and O–H groups in total. The summed E-state index contributed by atoms with van der Waals surface area (Å²) < 4.78 is 0. The molecule has 1 aliphatic rings. The van der Waals surface area contributed by atoms with Gasteiger partial charge < -0.3 is 16.4 Å². The first-order chi connectivity index (χ1) is 8.69. The summed E-state index contributed by atoms with van der Waals surface area (Å²) in [4.78, 5) is 11.7. The largest absolute Gasteiger partial charge is 0.380 e. The monoisotopic (exact) mass is 247 g/mol. The second-order valence-corrected chi connectivity index (χ2v) is 4.94. The summed E-state index contributed by atoms with van der Waals surface area (Å²) in [7, 11) is 0. The highest BCUT2D eigenvalue weighted by Crippen LogP contribution is 2.19. The molecule has 98 valence electrons. The number of carbonyl (C=O) groups is 1. The molecule has 0 aliphatic heterocycles. The molecule has 1 atom stereocenters. The minimum absolute atomic E-state index is 0.00940. The summed E-state index contributed by atoms with van der Waals surface area (Å²) in [6.07, 6.45) is 2.66. The van der Waals surface area contributed by atoms with Crippen LogP contribution in [0.15, 0.2) is 24.3 Å². The van der Waals surface area contributed by atoms with Gasteiger partial charge in [-0.2, -0.15) is 0 Å². The van der Waals surface area contributed by atoms with Gasteiger partial charge in [0.2, 0.25) is 5.91 Å². The van der Waals surface area contributed by atoms with Gasteiger partial charge in [-0.1, -0.05) is 18.2 Å². The van der Waals surface area contributed by atoms with E-state index in [-0.39, 0.29) is 11.9 Å². The van der Waals surface area contributed by atoms with Gasteiger partial charge in [0.1, 0.15) is 0 Å². The summed E-state index contributed by atoms with van der Waals surface area (Å²) in [5, 5.41) is 6.32. The second-order valence-electron chi connectivity index (χ2n) is 4.94. The average molecular weight is 247 g/mol. The van der Waals surface area contributed by atoms with Gasteiger partial charge in [-0.3, -0.25) is 4.79 Å². The van der Waals surface area contributed by atoms with Gasteiger partial charge in [0.25, 0.3) is 0 Å². The van der Waals surface area contributed by atoms with E-state index in [4.69, 9.17) is 5.73 Å². The van der Waals surface area contributed by atoms with Crippen LogP contribution in [0.4, 0.5) is 5.69 Å². The van der Waals surface area contributed by atoms with Crippen LogP contribution < -0.4 is 16.4 Å². The number of anilines is 1. The predicted octanol–water partition coefficient (Wildman–Crippen LogP) is 1.40. The van der Waals surface area contributed by atoms with Crippen molar-refractivity contribution in [2.75, 3.05) is 11.9 Å². The van der Waals surface area contributed by atoms with Crippen LogP contribution in [-0.2, 0) is 4.79 Å². The standard InChI is InChI=1S/C14H21N3O/c1-10-4-2-3-5-13(10)16-12(9-15)8-14(18)17-11-6-7-11/h2-5,11-12,16H,6-9,15H2,1H3,(H,17,18). The maximum absolute atomic E-state index is 11.7. The van der Waals surface area contributed by atoms with Gasteiger partial charge in [-0.25, -0.2) is 0 Å². The Bertz CT molecular complexity index is 415. The number of hydrogen-bond acceptors (Lipinski definition) is 3. The van der Waals surface area contributed by atoms with E-state index in [1.807, 2.05) is 31.2 Å². The zero-order valence-electron chi connectivity index (χ0n) is 10.8. The van der Waals surface area contributed by atoms with Crippen LogP contribution in [0.25, 0.3) is 0 Å². The highest BCUT2D eigenvalue weighted by atomic mass is 16.1. The van der Waals surface area contributed by atoms with E-state index >= 15 is 0 Å². The normalized spacial score (nSPS) is 16.1. The third kappa shape index (κ3) is 3.74. The molecule has 0 heterocycles. The Morgan fingerprint density at radius 2 is 2.17 bits per heavy atom. The number of carbonyl (C=O) groups excluding carboxylic acids is 1. The van der Waals surface area contributed by atoms with Crippen molar-refractivity contribution in [3.8, 4) is 0 Å². The van der Waals surface area contributed by atoms with Crippen LogP contribution in [0, 0.1) is 6.92 Å². The summed E-state index contributed by atoms with van der Waals surface area (Å²) >= 11 is 0. The van der Waals surface area contributed by atoms with Crippen molar-refractivity contribution in [2.24, 2.45) is 5.73 Å². The van der Waals surface area contributed by atoms with Crippen LogP contribution in [0.2, 0.25) is 0 Å². The molecule has 1 aromatic carbocycles. The van der Waals surface area contributed by atoms with Gasteiger partial charge in [-0.15, -0.1) is 0 Å². The molecule has 2 rings (SSSR count). The van der Waals surface area contributed by atoms with Crippen molar-refractivity contribution < 1.29 is 4.79 Å². The van der Waals surface area contributed by atoms with Crippen molar-refractivity contribution in [2.45, 2.75) is 38.3 Å². The van der Waals surface area contributed by atoms with E-state index in [1.54, 1.807) is 0 Å². The van der Waals surface area contributed by atoms with Crippen molar-refractivity contribution in [3.63, 3.8) is 0 Å². The molecule has 0 aromatic heterocycles. The Balaban J connectivity index is 1.88. The molecule has 1 amide bonds. The molecule has 1 unspecified atom stereocenters. The number of amides is 1. The third-order valence-corrected chi connectivity index (χ3v) is 3.16. The Kier molecular flexibility index (Phi) is 4.20. The lowest BCUT2D eigenvalue weighted by Gasteiger charge is -2.19. The Labute approximate surface area is 108 Å². The molecule has 0 spiro atoms. The lowest BCUT2D eigenvalue weighted by atomic mass is 10.1. The number of hydrogen-bond donors (Lipinski definition) is 3. The van der Waals surface area contributed by atoms with Gasteiger partial charge in [0, 0.05) is 30.7 Å². The summed E-state index contributed by atoms with van der Waals surface area (Å²) in [6.45, 7) is 2.49. The molecular formula is C14H21N3O. The summed E-state index contributed by atoms with van der Waals surface area (Å²) in [5.41, 5.74) is 7.94. The lowest BCUT2D eigenvalue weighted by molar-refractivity contribution is -0.121. The van der Waals surface area contributed by atoms with E-state index in [1.165, 1.54) is 5.56 Å². The van der Waals surface area contributed by atoms with E-state index in [9.17, 15) is 4.79 Å². The Morgan fingerprint density at radius 3 is 2.78 bits per heavy atom. The average Bonchev–Trinajstić information content (AvgIpc) is 3.14. The molecule has 1 saturated carbocycles. The van der Waals surface area contributed by atoms with Crippen LogP contribution >= 0.6 is 0 Å². The summed E-state index contributed by atoms with van der Waals surface area (Å²) in [6, 6.07) is 8.43. The van der Waals surface area contributed by atoms with Crippen molar-refractivity contribution >= 4 is 11.6 Å². The van der Waals surface area contributed by atoms with Crippen LogP contribution in [-0.4, -0.2) is 24.5 Å². The molecule has 0 bridgehead atoms. The van der Waals surface area contributed by atoms with Gasteiger partial charge >= 0.3 is 0 Å². The third-order valence-electron chi connectivity index (χ3n) is 3.16. The summed E-state index contributed by atoms with van der Waals surface area (Å²) in [5.74, 6) is 0.0917. The van der Waals surface area contributed by atoms with Crippen molar-refractivity contribution in [3.05, 3.63) is 29.8 Å². The number of nitrogens with one attached hydrogen (secondary N) is 2. The van der Waals surface area contributed by atoms with Gasteiger partial charge in [0.15, 0.2) is 0 Å². The number of benzene rings is 1. The molecule has 0 radical (unpaired) electrons. The zero-order chi connectivity index (χ0) is 13.0. The zero-order valence-corrected chi connectivity index (χ0v) is 10.8. The predicted molar refractivity (Wildman–Crippen MR) is 73.4 cm³/mol. The molecule has 4 heteroatoms. The van der Waals surface area contributed by atoms with Gasteiger partial charge in [0.05, 0.1) is 0 Å². The molecule has 1 aromatic rings. The SMILES string of the molecule is Cc1ccccc1NC(CN)CC(=O)NC1CC1. The molecule has 4 nitrogen and oxygen atoms in total. The quantitative estimate of drug-likeness (QED) is 0.712. The van der Waals surface area contributed by atoms with Crippen LogP contribution in [0.5, 0.6) is 0 Å². The number of rotatable bonds is 6. The van der Waals surface area contributed by atoms with E-state index in [0.717, 1.165) is 18.5 Å². The van der Waals surface area contributed by atoms with Crippen LogP contribution in [0.3, 0.4) is 0 Å². The highest BCUT2D eigenvalue weighted by molar-refractivity contribution is 5.77. The maximum Gasteiger partial charge on any atom is 0.222 e. The first kappa shape index (κ1) is 12.9. The second kappa shape index (κ2) is 5.87. The topological polar surface area (TPSA) is 67.1 Å². The van der Waals surface area contributed by atoms with Crippen LogP contribution in [0.1, 0.15) is 24.8 Å². The highest BCUT2D eigenvalue weighted by Gasteiger charge is 2.24. The minimum Gasteiger partial charge on any atom is -0.380 e. The molecule has 18 heavy (non-hydrogen) atoms. The van der Waals surface area contributed by atoms with E-state index < -0.39 is 0 Å². The van der Waals surface area contributed by atoms with Gasteiger partial charge in [-0.05, 0) is 31.4 Å². The van der Waals surface area contributed by atoms with Crippen molar-refractivity contribution in [1.29, 1.82) is 0 Å². The fourth-order valence-electron chi connectivity index (χ4n) is 1.89. The molecule has 1 aliphatic carbocycles. The smallest absolute Gasteiger partial charge is 0.222 e. The molecule has 0 saturated heterocycles. The Morgan fingerprint density at radius 1 is 1.44 bits per heavy atom. The van der Waals surface area contributed by atoms with Crippen molar-refractivity contribution in [1.82, 2.24) is 5.32 Å². The van der Waals surface area contributed by atoms with E-state index in [2.05, 4.69) is 10.6 Å². The lowest BCUT2D eigenvalue weighted by Crippen LogP contribution is -2.36. The number of para-hydroxylation sites is 1.